The smallest absolute Gasteiger partial charge is 0.0488 e. The molecule has 1 atom stereocenters. The van der Waals surface area contributed by atoms with Gasteiger partial charge < -0.3 is 0 Å². The summed E-state index contributed by atoms with van der Waals surface area (Å²) in [4.78, 5) is 0. The third-order valence-corrected chi connectivity index (χ3v) is 4.52. The van der Waals surface area contributed by atoms with E-state index in [1.54, 1.807) is 0 Å². The molecule has 2 rings (SSSR count). The first kappa shape index (κ1) is 14.5. The van der Waals surface area contributed by atoms with E-state index >= 15 is 0 Å². The molecule has 1 aromatic rings. The van der Waals surface area contributed by atoms with Crippen molar-refractivity contribution in [2.45, 2.75) is 64.3 Å². The van der Waals surface area contributed by atoms with Gasteiger partial charge in [-0.2, -0.15) is 0 Å². The van der Waals surface area contributed by atoms with E-state index in [4.69, 9.17) is 5.84 Å². The van der Waals surface area contributed by atoms with Crippen LogP contribution >= 0.6 is 0 Å². The van der Waals surface area contributed by atoms with Crippen LogP contribution < -0.4 is 11.3 Å². The minimum atomic E-state index is 0.324. The van der Waals surface area contributed by atoms with Crippen LogP contribution in [0.2, 0.25) is 0 Å². The molecule has 0 aliphatic heterocycles. The van der Waals surface area contributed by atoms with Gasteiger partial charge in [0.2, 0.25) is 0 Å². The molecule has 19 heavy (non-hydrogen) atoms. The Balaban J connectivity index is 2.12. The van der Waals surface area contributed by atoms with Crippen LogP contribution in [-0.2, 0) is 6.42 Å². The summed E-state index contributed by atoms with van der Waals surface area (Å²) in [5, 5.41) is 0. The summed E-state index contributed by atoms with van der Waals surface area (Å²) >= 11 is 0. The molecule has 1 aliphatic carbocycles. The van der Waals surface area contributed by atoms with E-state index < -0.39 is 0 Å². The molecule has 1 aromatic carbocycles. The largest absolute Gasteiger partial charge is 0.271 e. The van der Waals surface area contributed by atoms with Crippen LogP contribution in [0.3, 0.4) is 0 Å². The average Bonchev–Trinajstić information content (AvgIpc) is 2.42. The van der Waals surface area contributed by atoms with Crippen LogP contribution in [-0.4, -0.2) is 0 Å². The molecule has 2 nitrogen and oxygen atoms in total. The Kier molecular flexibility index (Phi) is 5.87. The molecule has 1 aliphatic rings. The Labute approximate surface area is 117 Å². The van der Waals surface area contributed by atoms with E-state index in [1.165, 1.54) is 56.1 Å². The van der Waals surface area contributed by atoms with E-state index in [9.17, 15) is 0 Å². The first-order valence-corrected chi connectivity index (χ1v) is 7.90. The van der Waals surface area contributed by atoms with Gasteiger partial charge in [-0.05, 0) is 36.3 Å². The first-order valence-electron chi connectivity index (χ1n) is 7.90. The van der Waals surface area contributed by atoms with Gasteiger partial charge in [0.15, 0.2) is 0 Å². The van der Waals surface area contributed by atoms with Gasteiger partial charge in [-0.25, -0.2) is 0 Å². The summed E-state index contributed by atoms with van der Waals surface area (Å²) in [6.45, 7) is 2.21. The van der Waals surface area contributed by atoms with Crippen molar-refractivity contribution in [2.24, 2.45) is 11.8 Å². The zero-order valence-electron chi connectivity index (χ0n) is 12.2. The van der Waals surface area contributed by atoms with E-state index in [0.29, 0.717) is 12.0 Å². The van der Waals surface area contributed by atoms with Crippen molar-refractivity contribution in [3.63, 3.8) is 0 Å². The fraction of sp³-hybridized carbons (Fsp3) is 0.647. The maximum atomic E-state index is 5.87. The summed E-state index contributed by atoms with van der Waals surface area (Å²) < 4.78 is 0. The predicted octanol–water partition coefficient (Wildman–Crippen LogP) is 4.11. The maximum absolute atomic E-state index is 5.87. The number of nitrogens with two attached hydrogens (primary N) is 1. The third-order valence-electron chi connectivity index (χ3n) is 4.52. The minimum Gasteiger partial charge on any atom is -0.271 e. The summed E-state index contributed by atoms with van der Waals surface area (Å²) in [6, 6.07) is 9.24. The molecule has 0 saturated heterocycles. The van der Waals surface area contributed by atoms with E-state index in [1.807, 2.05) is 0 Å². The SMILES string of the molecule is CCc1cccc(C(NN)C2CCCCCCC2)c1. The zero-order valence-corrected chi connectivity index (χ0v) is 12.2. The molecule has 0 heterocycles. The first-order chi connectivity index (χ1) is 9.35. The zero-order chi connectivity index (χ0) is 13.5. The molecule has 106 valence electrons. The standard InChI is InChI=1S/C17H28N2/c1-2-14-9-8-12-16(13-14)17(19-18)15-10-6-4-3-5-7-11-15/h8-9,12-13,15,17,19H,2-7,10-11,18H2,1H3. The fourth-order valence-corrected chi connectivity index (χ4v) is 3.33. The van der Waals surface area contributed by atoms with Gasteiger partial charge in [0.05, 0.1) is 0 Å². The molecule has 0 spiro atoms. The highest BCUT2D eigenvalue weighted by Gasteiger charge is 2.22. The fourth-order valence-electron chi connectivity index (χ4n) is 3.33. The van der Waals surface area contributed by atoms with Crippen LogP contribution in [0.5, 0.6) is 0 Å². The van der Waals surface area contributed by atoms with Crippen molar-refractivity contribution in [3.8, 4) is 0 Å². The molecule has 2 heteroatoms. The van der Waals surface area contributed by atoms with Gasteiger partial charge in [0.1, 0.15) is 0 Å². The van der Waals surface area contributed by atoms with Crippen molar-refractivity contribution in [1.29, 1.82) is 0 Å². The molecular weight excluding hydrogens is 232 g/mol. The second-order valence-corrected chi connectivity index (χ2v) is 5.85. The Bertz CT molecular complexity index is 367. The number of rotatable bonds is 4. The molecule has 1 saturated carbocycles. The normalized spacial score (nSPS) is 19.7. The number of benzene rings is 1. The van der Waals surface area contributed by atoms with Gasteiger partial charge in [0, 0.05) is 6.04 Å². The highest BCUT2D eigenvalue weighted by atomic mass is 15.2. The highest BCUT2D eigenvalue weighted by Crippen LogP contribution is 2.32. The topological polar surface area (TPSA) is 38.0 Å². The quantitative estimate of drug-likeness (QED) is 0.631. The Morgan fingerprint density at radius 3 is 2.47 bits per heavy atom. The summed E-state index contributed by atoms with van der Waals surface area (Å²) in [7, 11) is 0. The molecule has 1 unspecified atom stereocenters. The maximum Gasteiger partial charge on any atom is 0.0488 e. The number of hydrazine groups is 1. The lowest BCUT2D eigenvalue weighted by Gasteiger charge is -2.29. The average molecular weight is 260 g/mol. The summed E-state index contributed by atoms with van der Waals surface area (Å²) in [6.07, 6.45) is 10.6. The predicted molar refractivity (Wildman–Crippen MR) is 81.7 cm³/mol. The van der Waals surface area contributed by atoms with E-state index in [2.05, 4.69) is 36.6 Å². The van der Waals surface area contributed by atoms with E-state index in [-0.39, 0.29) is 0 Å². The van der Waals surface area contributed by atoms with Crippen molar-refractivity contribution in [3.05, 3.63) is 35.4 Å². The number of aryl methyl sites for hydroxylation is 1. The van der Waals surface area contributed by atoms with Crippen molar-refractivity contribution in [1.82, 2.24) is 5.43 Å². The number of hydrogen-bond donors (Lipinski definition) is 2. The second kappa shape index (κ2) is 7.66. The molecule has 3 N–H and O–H groups in total. The van der Waals surface area contributed by atoms with Gasteiger partial charge in [-0.1, -0.05) is 63.3 Å². The van der Waals surface area contributed by atoms with Crippen molar-refractivity contribution < 1.29 is 0 Å². The highest BCUT2D eigenvalue weighted by molar-refractivity contribution is 5.26. The van der Waals surface area contributed by atoms with Gasteiger partial charge in [-0.3, -0.25) is 11.3 Å². The molecule has 0 radical (unpaired) electrons. The van der Waals surface area contributed by atoms with Gasteiger partial charge in [-0.15, -0.1) is 0 Å². The molecule has 0 amide bonds. The van der Waals surface area contributed by atoms with Crippen LogP contribution in [0.15, 0.2) is 24.3 Å². The molecular formula is C17H28N2. The third kappa shape index (κ3) is 4.05. The summed E-state index contributed by atoms with van der Waals surface area (Å²) in [5.41, 5.74) is 5.86. The minimum absolute atomic E-state index is 0.324. The van der Waals surface area contributed by atoms with Crippen LogP contribution in [0.4, 0.5) is 0 Å². The van der Waals surface area contributed by atoms with Crippen molar-refractivity contribution >= 4 is 0 Å². The number of hydrogen-bond acceptors (Lipinski definition) is 2. The Hall–Kier alpha value is -0.860. The molecule has 1 fully saturated rings. The Morgan fingerprint density at radius 1 is 1.16 bits per heavy atom. The Morgan fingerprint density at radius 2 is 1.84 bits per heavy atom. The molecule has 0 bridgehead atoms. The van der Waals surface area contributed by atoms with Crippen molar-refractivity contribution in [2.75, 3.05) is 0 Å². The van der Waals surface area contributed by atoms with Gasteiger partial charge in [0.25, 0.3) is 0 Å². The monoisotopic (exact) mass is 260 g/mol. The lowest BCUT2D eigenvalue weighted by molar-refractivity contribution is 0.290. The van der Waals surface area contributed by atoms with Crippen LogP contribution in [0.1, 0.15) is 69.0 Å². The lowest BCUT2D eigenvalue weighted by Crippen LogP contribution is -2.34. The van der Waals surface area contributed by atoms with Crippen LogP contribution in [0, 0.1) is 5.92 Å². The van der Waals surface area contributed by atoms with E-state index in [0.717, 1.165) is 6.42 Å². The lowest BCUT2D eigenvalue weighted by atomic mass is 9.83. The molecule has 0 aromatic heterocycles. The summed E-state index contributed by atoms with van der Waals surface area (Å²) in [5.74, 6) is 6.56. The van der Waals surface area contributed by atoms with Gasteiger partial charge >= 0.3 is 0 Å². The second-order valence-electron chi connectivity index (χ2n) is 5.85. The number of nitrogens with one attached hydrogen (secondary N) is 1. The van der Waals surface area contributed by atoms with Crippen LogP contribution in [0.25, 0.3) is 0 Å².